The van der Waals surface area contributed by atoms with Crippen LogP contribution in [0.3, 0.4) is 0 Å². The lowest BCUT2D eigenvalue weighted by Gasteiger charge is -2.36. The third kappa shape index (κ3) is 4.93. The van der Waals surface area contributed by atoms with Crippen molar-refractivity contribution in [3.8, 4) is 5.75 Å². The molecular formula is C21H27ClN3O2+. The summed E-state index contributed by atoms with van der Waals surface area (Å²) >= 11 is 5.99. The molecule has 1 amide bonds. The van der Waals surface area contributed by atoms with E-state index in [2.05, 4.69) is 16.3 Å². The molecule has 0 aliphatic carbocycles. The Morgan fingerprint density at radius 3 is 2.67 bits per heavy atom. The Morgan fingerprint density at radius 2 is 1.96 bits per heavy atom. The number of benzene rings is 2. The molecule has 1 fully saturated rings. The number of carbonyl (C=O) groups excluding carboxylic acids is 1. The lowest BCUT2D eigenvalue weighted by Crippen LogP contribution is -3.19. The number of quaternary nitrogens is 1. The molecule has 0 radical (unpaired) electrons. The van der Waals surface area contributed by atoms with Gasteiger partial charge in [-0.05, 0) is 44.2 Å². The summed E-state index contributed by atoms with van der Waals surface area (Å²) in [5.41, 5.74) is 1.87. The Kier molecular flexibility index (Phi) is 6.58. The van der Waals surface area contributed by atoms with Crippen molar-refractivity contribution in [3.05, 3.63) is 53.6 Å². The van der Waals surface area contributed by atoms with Crippen LogP contribution in [0, 0.1) is 0 Å². The van der Waals surface area contributed by atoms with Crippen LogP contribution in [0.2, 0.25) is 5.02 Å². The summed E-state index contributed by atoms with van der Waals surface area (Å²) in [6.07, 6.45) is 0. The highest BCUT2D eigenvalue weighted by atomic mass is 35.5. The summed E-state index contributed by atoms with van der Waals surface area (Å²) < 4.78 is 5.76. The Hall–Kier alpha value is -2.24. The van der Waals surface area contributed by atoms with Crippen LogP contribution in [0.25, 0.3) is 0 Å². The highest BCUT2D eigenvalue weighted by molar-refractivity contribution is 6.30. The first kappa shape index (κ1) is 19.5. The van der Waals surface area contributed by atoms with Crippen LogP contribution in [0.5, 0.6) is 5.75 Å². The van der Waals surface area contributed by atoms with Crippen LogP contribution in [0.15, 0.2) is 48.5 Å². The number of ether oxygens (including phenoxy) is 1. The van der Waals surface area contributed by atoms with Crippen LogP contribution < -0.4 is 19.9 Å². The minimum Gasteiger partial charge on any atom is -0.492 e. The molecule has 1 aliphatic heterocycles. The molecule has 0 aromatic heterocycles. The molecule has 1 saturated heterocycles. The van der Waals surface area contributed by atoms with Gasteiger partial charge in [0, 0.05) is 10.7 Å². The number of nitrogens with zero attached hydrogens (tertiary/aromatic N) is 1. The fourth-order valence-electron chi connectivity index (χ4n) is 3.47. The van der Waals surface area contributed by atoms with Crippen LogP contribution in [0.4, 0.5) is 11.4 Å². The molecular weight excluding hydrogens is 362 g/mol. The van der Waals surface area contributed by atoms with Gasteiger partial charge in [-0.15, -0.1) is 0 Å². The zero-order chi connectivity index (χ0) is 19.2. The summed E-state index contributed by atoms with van der Waals surface area (Å²) in [5.74, 6) is 0.950. The predicted molar refractivity (Wildman–Crippen MR) is 110 cm³/mol. The fraction of sp³-hybridized carbons (Fsp3) is 0.381. The minimum absolute atomic E-state index is 0.0235. The van der Waals surface area contributed by atoms with Gasteiger partial charge in [-0.3, -0.25) is 4.79 Å². The Bertz CT molecular complexity index is 776. The topological polar surface area (TPSA) is 46.0 Å². The van der Waals surface area contributed by atoms with E-state index < -0.39 is 0 Å². The molecule has 5 nitrogen and oxygen atoms in total. The van der Waals surface area contributed by atoms with Gasteiger partial charge in [-0.2, -0.15) is 0 Å². The summed E-state index contributed by atoms with van der Waals surface area (Å²) in [7, 11) is 0. The van der Waals surface area contributed by atoms with Gasteiger partial charge in [0.05, 0.1) is 38.5 Å². The Balaban J connectivity index is 1.58. The van der Waals surface area contributed by atoms with Crippen molar-refractivity contribution in [2.75, 3.05) is 43.0 Å². The van der Waals surface area contributed by atoms with E-state index in [0.717, 1.165) is 43.3 Å². The number of hydrogen-bond acceptors (Lipinski definition) is 3. The number of piperazine rings is 1. The maximum atomic E-state index is 12.6. The molecule has 1 heterocycles. The molecule has 0 unspecified atom stereocenters. The van der Waals surface area contributed by atoms with Crippen molar-refractivity contribution in [2.45, 2.75) is 19.9 Å². The van der Waals surface area contributed by atoms with Crippen molar-refractivity contribution < 1.29 is 14.4 Å². The van der Waals surface area contributed by atoms with E-state index in [9.17, 15) is 4.79 Å². The van der Waals surface area contributed by atoms with Gasteiger partial charge < -0.3 is 19.9 Å². The van der Waals surface area contributed by atoms with Crippen molar-refractivity contribution >= 4 is 28.9 Å². The van der Waals surface area contributed by atoms with Crippen LogP contribution in [0.1, 0.15) is 13.8 Å². The number of rotatable bonds is 6. The monoisotopic (exact) mass is 388 g/mol. The largest absolute Gasteiger partial charge is 0.492 e. The highest BCUT2D eigenvalue weighted by Crippen LogP contribution is 2.27. The zero-order valence-electron chi connectivity index (χ0n) is 15.9. The third-order valence-corrected chi connectivity index (χ3v) is 5.24. The Morgan fingerprint density at radius 1 is 1.22 bits per heavy atom. The summed E-state index contributed by atoms with van der Waals surface area (Å²) in [6.45, 7) is 8.25. The third-order valence-electron chi connectivity index (χ3n) is 5.01. The summed E-state index contributed by atoms with van der Waals surface area (Å²) in [6, 6.07) is 15.3. The number of para-hydroxylation sites is 2. The van der Waals surface area contributed by atoms with Gasteiger partial charge in [0.25, 0.3) is 5.91 Å². The van der Waals surface area contributed by atoms with E-state index in [0.29, 0.717) is 11.6 Å². The van der Waals surface area contributed by atoms with Crippen LogP contribution in [-0.4, -0.2) is 44.7 Å². The maximum absolute atomic E-state index is 12.6. The molecule has 3 rings (SSSR count). The van der Waals surface area contributed by atoms with E-state index in [1.807, 2.05) is 44.2 Å². The quantitative estimate of drug-likeness (QED) is 0.799. The molecule has 0 spiro atoms. The van der Waals surface area contributed by atoms with Gasteiger partial charge in [-0.25, -0.2) is 0 Å². The van der Waals surface area contributed by atoms with Gasteiger partial charge in [0.15, 0.2) is 6.04 Å². The second-order valence-electron chi connectivity index (χ2n) is 6.77. The second-order valence-corrected chi connectivity index (χ2v) is 7.20. The van der Waals surface area contributed by atoms with E-state index in [1.165, 1.54) is 4.90 Å². The Labute approximate surface area is 165 Å². The van der Waals surface area contributed by atoms with E-state index in [4.69, 9.17) is 16.3 Å². The number of hydrogen-bond donors (Lipinski definition) is 2. The molecule has 2 aromatic carbocycles. The molecule has 0 bridgehead atoms. The molecule has 2 aromatic rings. The van der Waals surface area contributed by atoms with Crippen molar-refractivity contribution in [3.63, 3.8) is 0 Å². The molecule has 2 N–H and O–H groups in total. The molecule has 6 heteroatoms. The van der Waals surface area contributed by atoms with E-state index in [-0.39, 0.29) is 11.9 Å². The molecule has 144 valence electrons. The predicted octanol–water partition coefficient (Wildman–Crippen LogP) is 2.47. The van der Waals surface area contributed by atoms with Crippen LogP contribution in [-0.2, 0) is 4.79 Å². The lowest BCUT2D eigenvalue weighted by atomic mass is 10.2. The standard InChI is InChI=1S/C21H26ClN3O2/c1-3-27-20-10-5-4-9-19(20)25-13-11-24(12-14-25)16(2)21(26)23-18-8-6-7-17(22)15-18/h4-10,15-16H,3,11-14H2,1-2H3,(H,23,26)/p+1/t16-/m1/s1. The first-order valence-electron chi connectivity index (χ1n) is 9.46. The van der Waals surface area contributed by atoms with E-state index in [1.54, 1.807) is 12.1 Å². The normalized spacial score (nSPS) is 16.0. The molecule has 0 saturated carbocycles. The van der Waals surface area contributed by atoms with Gasteiger partial charge in [0.1, 0.15) is 5.75 Å². The van der Waals surface area contributed by atoms with Gasteiger partial charge >= 0.3 is 0 Å². The lowest BCUT2D eigenvalue weighted by molar-refractivity contribution is -0.914. The fourth-order valence-corrected chi connectivity index (χ4v) is 3.66. The van der Waals surface area contributed by atoms with Gasteiger partial charge in [0.2, 0.25) is 0 Å². The van der Waals surface area contributed by atoms with E-state index >= 15 is 0 Å². The first-order chi connectivity index (χ1) is 13.1. The summed E-state index contributed by atoms with van der Waals surface area (Å²) in [5, 5.41) is 3.59. The number of anilines is 2. The number of carbonyl (C=O) groups is 1. The average molecular weight is 389 g/mol. The van der Waals surface area contributed by atoms with Crippen LogP contribution >= 0.6 is 11.6 Å². The number of nitrogens with one attached hydrogen (secondary N) is 2. The average Bonchev–Trinajstić information content (AvgIpc) is 2.68. The first-order valence-corrected chi connectivity index (χ1v) is 9.84. The van der Waals surface area contributed by atoms with Crippen molar-refractivity contribution in [2.24, 2.45) is 0 Å². The number of amides is 1. The summed E-state index contributed by atoms with van der Waals surface area (Å²) in [4.78, 5) is 16.2. The van der Waals surface area contributed by atoms with Crippen molar-refractivity contribution in [1.29, 1.82) is 0 Å². The smallest absolute Gasteiger partial charge is 0.282 e. The molecule has 1 atom stereocenters. The second kappa shape index (κ2) is 9.11. The highest BCUT2D eigenvalue weighted by Gasteiger charge is 2.30. The SMILES string of the molecule is CCOc1ccccc1N1CC[NH+]([C@H](C)C(=O)Nc2cccc(Cl)c2)CC1. The van der Waals surface area contributed by atoms with Crippen molar-refractivity contribution in [1.82, 2.24) is 0 Å². The zero-order valence-corrected chi connectivity index (χ0v) is 16.6. The molecule has 27 heavy (non-hydrogen) atoms. The van der Waals surface area contributed by atoms with Gasteiger partial charge in [-0.1, -0.05) is 29.8 Å². The number of halogens is 1. The maximum Gasteiger partial charge on any atom is 0.282 e. The molecule has 1 aliphatic rings. The minimum atomic E-state index is -0.117.